The highest BCUT2D eigenvalue weighted by Crippen LogP contribution is 2.31. The molecule has 23 heavy (non-hydrogen) atoms. The van der Waals surface area contributed by atoms with E-state index in [9.17, 15) is 4.79 Å². The van der Waals surface area contributed by atoms with Gasteiger partial charge in [0.2, 0.25) is 5.89 Å². The van der Waals surface area contributed by atoms with E-state index in [4.69, 9.17) is 9.15 Å². The third kappa shape index (κ3) is 2.88. The Kier molecular flexibility index (Phi) is 4.10. The van der Waals surface area contributed by atoms with Gasteiger partial charge >= 0.3 is 0 Å². The molecule has 0 radical (unpaired) electrons. The predicted molar refractivity (Wildman–Crippen MR) is 88.4 cm³/mol. The van der Waals surface area contributed by atoms with Crippen LogP contribution in [-0.4, -0.2) is 52.6 Å². The molecule has 1 aromatic carbocycles. The summed E-state index contributed by atoms with van der Waals surface area (Å²) in [4.78, 5) is 19.2. The molecule has 2 atom stereocenters. The molecule has 3 heterocycles. The molecule has 0 spiro atoms. The number of aromatic nitrogens is 1. The summed E-state index contributed by atoms with van der Waals surface area (Å²) in [5.41, 5.74) is 1.27. The average Bonchev–Trinajstić information content (AvgIpc) is 3.11. The topological polar surface area (TPSA) is 55.6 Å². The molecule has 0 bridgehead atoms. The molecule has 0 saturated carbocycles. The van der Waals surface area contributed by atoms with Gasteiger partial charge < -0.3 is 14.1 Å². The van der Waals surface area contributed by atoms with Crippen LogP contribution in [0.4, 0.5) is 0 Å². The first-order chi connectivity index (χ1) is 11.3. The lowest BCUT2D eigenvalue weighted by Gasteiger charge is -2.43. The van der Waals surface area contributed by atoms with Crippen molar-refractivity contribution in [1.29, 1.82) is 0 Å². The molecule has 120 valence electrons. The van der Waals surface area contributed by atoms with Gasteiger partial charge in [-0.2, -0.15) is 11.8 Å². The number of thioether (sulfide) groups is 1. The summed E-state index contributed by atoms with van der Waals surface area (Å²) >= 11 is 1.90. The first-order valence-electron chi connectivity index (χ1n) is 7.84. The fourth-order valence-electron chi connectivity index (χ4n) is 3.17. The second-order valence-electron chi connectivity index (χ2n) is 5.74. The van der Waals surface area contributed by atoms with Crippen LogP contribution in [0.1, 0.15) is 16.9 Å². The van der Waals surface area contributed by atoms with Crippen LogP contribution < -0.4 is 0 Å². The Hall–Kier alpha value is -1.79. The molecule has 2 saturated heterocycles. The highest BCUT2D eigenvalue weighted by atomic mass is 32.2. The number of fused-ring (bicyclic) bond motifs is 1. The Bertz CT molecular complexity index is 686. The van der Waals surface area contributed by atoms with Gasteiger partial charge in [-0.05, 0) is 18.6 Å². The zero-order chi connectivity index (χ0) is 15.6. The molecule has 1 aromatic heterocycles. The summed E-state index contributed by atoms with van der Waals surface area (Å²) in [6.45, 7) is 2.21. The number of nitrogens with zero attached hydrogens (tertiary/aromatic N) is 2. The van der Waals surface area contributed by atoms with E-state index in [1.54, 1.807) is 0 Å². The summed E-state index contributed by atoms with van der Waals surface area (Å²) in [6.07, 6.45) is 2.37. The fraction of sp³-hybridized carbons (Fsp3) is 0.412. The zero-order valence-electron chi connectivity index (χ0n) is 12.7. The third-order valence-electron chi connectivity index (χ3n) is 4.34. The van der Waals surface area contributed by atoms with Crippen molar-refractivity contribution < 1.29 is 13.9 Å². The Labute approximate surface area is 139 Å². The van der Waals surface area contributed by atoms with Crippen molar-refractivity contribution in [3.63, 3.8) is 0 Å². The molecule has 4 rings (SSSR count). The van der Waals surface area contributed by atoms with Crippen molar-refractivity contribution in [2.24, 2.45) is 0 Å². The van der Waals surface area contributed by atoms with Crippen LogP contribution in [0.25, 0.3) is 11.5 Å². The van der Waals surface area contributed by atoms with Crippen LogP contribution in [0.15, 0.2) is 41.0 Å². The Morgan fingerprint density at radius 3 is 3.04 bits per heavy atom. The fourth-order valence-corrected chi connectivity index (χ4v) is 4.47. The van der Waals surface area contributed by atoms with Crippen LogP contribution in [-0.2, 0) is 4.74 Å². The van der Waals surface area contributed by atoms with Gasteiger partial charge in [-0.1, -0.05) is 18.2 Å². The Morgan fingerprint density at radius 1 is 1.30 bits per heavy atom. The van der Waals surface area contributed by atoms with E-state index in [2.05, 4.69) is 4.98 Å². The van der Waals surface area contributed by atoms with Crippen molar-refractivity contribution in [1.82, 2.24) is 9.88 Å². The van der Waals surface area contributed by atoms with Gasteiger partial charge in [0.15, 0.2) is 5.69 Å². The van der Waals surface area contributed by atoms with E-state index in [0.29, 0.717) is 16.8 Å². The molecule has 0 N–H and O–H groups in total. The molecule has 5 nitrogen and oxygen atoms in total. The first kappa shape index (κ1) is 14.8. The highest BCUT2D eigenvalue weighted by molar-refractivity contribution is 8.00. The molecule has 0 unspecified atom stereocenters. The second-order valence-corrected chi connectivity index (χ2v) is 7.09. The van der Waals surface area contributed by atoms with Crippen molar-refractivity contribution in [2.45, 2.75) is 17.7 Å². The van der Waals surface area contributed by atoms with Gasteiger partial charge in [0.1, 0.15) is 6.26 Å². The minimum absolute atomic E-state index is 0.0341. The monoisotopic (exact) mass is 330 g/mol. The number of hydrogen-bond acceptors (Lipinski definition) is 5. The van der Waals surface area contributed by atoms with Crippen LogP contribution in [0, 0.1) is 0 Å². The Balaban J connectivity index is 1.56. The summed E-state index contributed by atoms with van der Waals surface area (Å²) in [5.74, 6) is 1.40. The van der Waals surface area contributed by atoms with E-state index >= 15 is 0 Å². The summed E-state index contributed by atoms with van der Waals surface area (Å²) in [5, 5.41) is 0.377. The van der Waals surface area contributed by atoms with E-state index in [-0.39, 0.29) is 11.9 Å². The maximum atomic E-state index is 12.9. The van der Waals surface area contributed by atoms with Gasteiger partial charge in [-0.3, -0.25) is 4.79 Å². The third-order valence-corrected chi connectivity index (χ3v) is 5.64. The standard InChI is InChI=1S/C17H18N2O3S/c20-17(19-7-9-23-15-11-21-8-6-14(15)19)13-10-22-16(18-13)12-4-2-1-3-5-12/h1-5,10,14-15H,6-9,11H2/t14-,15-/m0/s1. The van der Waals surface area contributed by atoms with E-state index in [1.807, 2.05) is 47.0 Å². The van der Waals surface area contributed by atoms with Gasteiger partial charge in [-0.25, -0.2) is 4.98 Å². The molecule has 2 aliphatic rings. The van der Waals surface area contributed by atoms with E-state index in [1.165, 1.54) is 6.26 Å². The number of benzene rings is 1. The van der Waals surface area contributed by atoms with Gasteiger partial charge in [0.25, 0.3) is 5.91 Å². The SMILES string of the molecule is O=C(c1coc(-c2ccccc2)n1)N1CCS[C@H]2COCC[C@@H]21. The second kappa shape index (κ2) is 6.37. The Morgan fingerprint density at radius 2 is 2.17 bits per heavy atom. The van der Waals surface area contributed by atoms with Crippen molar-refractivity contribution in [3.05, 3.63) is 42.3 Å². The molecule has 1 amide bonds. The largest absolute Gasteiger partial charge is 0.444 e. The quantitative estimate of drug-likeness (QED) is 0.847. The maximum Gasteiger partial charge on any atom is 0.276 e. The van der Waals surface area contributed by atoms with E-state index in [0.717, 1.165) is 37.5 Å². The number of rotatable bonds is 2. The van der Waals surface area contributed by atoms with Crippen molar-refractivity contribution >= 4 is 17.7 Å². The predicted octanol–water partition coefficient (Wildman–Crippen LogP) is 2.69. The lowest BCUT2D eigenvalue weighted by molar-refractivity contribution is 0.0315. The lowest BCUT2D eigenvalue weighted by atomic mass is 10.1. The number of carbonyl (C=O) groups is 1. The van der Waals surface area contributed by atoms with Gasteiger partial charge in [0.05, 0.1) is 6.61 Å². The van der Waals surface area contributed by atoms with Crippen LogP contribution >= 0.6 is 11.8 Å². The highest BCUT2D eigenvalue weighted by Gasteiger charge is 2.38. The minimum atomic E-state index is -0.0341. The molecule has 6 heteroatoms. The molecule has 2 aromatic rings. The van der Waals surface area contributed by atoms with Crippen LogP contribution in [0.2, 0.25) is 0 Å². The number of amides is 1. The minimum Gasteiger partial charge on any atom is -0.444 e. The van der Waals surface area contributed by atoms with Crippen molar-refractivity contribution in [3.8, 4) is 11.5 Å². The molecule has 2 fully saturated rings. The van der Waals surface area contributed by atoms with Gasteiger partial charge in [0, 0.05) is 35.8 Å². The summed E-state index contributed by atoms with van der Waals surface area (Å²) < 4.78 is 11.1. The zero-order valence-corrected chi connectivity index (χ0v) is 13.5. The number of oxazole rings is 1. The number of ether oxygens (including phenoxy) is 1. The van der Waals surface area contributed by atoms with E-state index < -0.39 is 0 Å². The molecule has 0 aliphatic carbocycles. The lowest BCUT2D eigenvalue weighted by Crippen LogP contribution is -2.54. The smallest absolute Gasteiger partial charge is 0.276 e. The number of carbonyl (C=O) groups excluding carboxylic acids is 1. The molecular formula is C17H18N2O3S. The van der Waals surface area contributed by atoms with Crippen molar-refractivity contribution in [2.75, 3.05) is 25.5 Å². The molecular weight excluding hydrogens is 312 g/mol. The van der Waals surface area contributed by atoms with Crippen LogP contribution in [0.3, 0.4) is 0 Å². The van der Waals surface area contributed by atoms with Gasteiger partial charge in [-0.15, -0.1) is 0 Å². The first-order valence-corrected chi connectivity index (χ1v) is 8.89. The normalized spacial score (nSPS) is 24.3. The average molecular weight is 330 g/mol. The maximum absolute atomic E-state index is 12.9. The van der Waals surface area contributed by atoms with Crippen LogP contribution in [0.5, 0.6) is 0 Å². The summed E-state index contributed by atoms with van der Waals surface area (Å²) in [7, 11) is 0. The summed E-state index contributed by atoms with van der Waals surface area (Å²) in [6, 6.07) is 9.88. The molecule has 2 aliphatic heterocycles. The number of hydrogen-bond donors (Lipinski definition) is 0.